The van der Waals surface area contributed by atoms with Gasteiger partial charge < -0.3 is 0 Å². The highest BCUT2D eigenvalue weighted by atomic mass is 35.5. The summed E-state index contributed by atoms with van der Waals surface area (Å²) in [6.07, 6.45) is 0.222. The Hall–Kier alpha value is -0.650. The summed E-state index contributed by atoms with van der Waals surface area (Å²) in [5.41, 5.74) is -1.25. The maximum Gasteiger partial charge on any atom is 0.488 e. The van der Waals surface area contributed by atoms with Crippen LogP contribution in [0.25, 0.3) is 0 Å². The Labute approximate surface area is 97.8 Å². The lowest BCUT2D eigenvalue weighted by molar-refractivity contribution is -0.225. The second-order valence-electron chi connectivity index (χ2n) is 3.64. The molecular weight excluding hydrogens is 243 g/mol. The number of hydrogen-bond donors (Lipinski definition) is 0. The Bertz CT molecular complexity index is 245. The van der Waals surface area contributed by atoms with Crippen LogP contribution >= 0.6 is 11.6 Å². The fourth-order valence-electron chi connectivity index (χ4n) is 1.43. The molecule has 1 aliphatic rings. The Morgan fingerprint density at radius 1 is 1.31 bits per heavy atom. The van der Waals surface area contributed by atoms with Gasteiger partial charge in [-0.15, -0.1) is 13.2 Å². The lowest BCUT2D eigenvalue weighted by atomic mass is 10.2. The molecule has 0 fully saturated rings. The lowest BCUT2D eigenvalue weighted by Gasteiger charge is -2.26. The molecule has 1 heterocycles. The van der Waals surface area contributed by atoms with Gasteiger partial charge in [0.2, 0.25) is 5.62 Å². The first-order valence-electron chi connectivity index (χ1n) is 5.26. The van der Waals surface area contributed by atoms with Crippen molar-refractivity contribution in [1.29, 1.82) is 0 Å². The Kier molecular flexibility index (Phi) is 4.70. The normalized spacial score (nSPS) is 20.9. The van der Waals surface area contributed by atoms with E-state index in [1.165, 1.54) is 5.01 Å². The van der Waals surface area contributed by atoms with Crippen molar-refractivity contribution in [2.75, 3.05) is 6.54 Å². The summed E-state index contributed by atoms with van der Waals surface area (Å²) in [7, 11) is 0. The molecule has 0 saturated carbocycles. The quantitative estimate of drug-likeness (QED) is 0.428. The summed E-state index contributed by atoms with van der Waals surface area (Å²) in [5.74, 6) is 0. The van der Waals surface area contributed by atoms with E-state index in [1.54, 1.807) is 0 Å². The van der Waals surface area contributed by atoms with Crippen LogP contribution in [-0.4, -0.2) is 34.7 Å². The summed E-state index contributed by atoms with van der Waals surface area (Å²) in [4.78, 5) is 0.0916. The smallest absolute Gasteiger partial charge is 0.259 e. The molecule has 0 aromatic heterocycles. The minimum absolute atomic E-state index is 0.0916. The van der Waals surface area contributed by atoms with E-state index in [9.17, 15) is 13.2 Å². The third-order valence-corrected chi connectivity index (χ3v) is 2.77. The molecule has 0 aliphatic carbocycles. The monoisotopic (exact) mass is 257 g/mol. The first-order valence-corrected chi connectivity index (χ1v) is 5.70. The van der Waals surface area contributed by atoms with Crippen molar-refractivity contribution < 1.29 is 13.2 Å². The predicted molar refractivity (Wildman–Crippen MR) is 56.9 cm³/mol. The molecule has 7 heteroatoms. The Balaban J connectivity index is 2.34. The van der Waals surface area contributed by atoms with Gasteiger partial charge in [0.1, 0.15) is 6.34 Å². The average Bonchev–Trinajstić information content (AvgIpc) is 2.54. The van der Waals surface area contributed by atoms with Gasteiger partial charge >= 0.3 is 6.30 Å². The topological polar surface area (TPSA) is 18.8 Å². The minimum atomic E-state index is -4.46. The summed E-state index contributed by atoms with van der Waals surface area (Å²) < 4.78 is 37.1. The number of nitrogens with zero attached hydrogens (tertiary/aromatic N) is 3. The number of rotatable bonds is 5. The molecule has 0 spiro atoms. The van der Waals surface area contributed by atoms with Gasteiger partial charge in [-0.1, -0.05) is 37.8 Å². The average molecular weight is 258 g/mol. The summed E-state index contributed by atoms with van der Waals surface area (Å²) in [6, 6.07) is 0. The van der Waals surface area contributed by atoms with E-state index in [0.29, 0.717) is 6.54 Å². The molecule has 0 amide bonds. The van der Waals surface area contributed by atoms with E-state index in [-0.39, 0.29) is 4.90 Å². The molecule has 1 atom stereocenters. The van der Waals surface area contributed by atoms with Crippen molar-refractivity contribution in [2.24, 2.45) is 5.10 Å². The number of hydrogen-bond acceptors (Lipinski definition) is 3. The summed E-state index contributed by atoms with van der Waals surface area (Å²) in [5, 5.41) is 4.90. The SMILES string of the molecule is CCCCCCN1N=CN(C(F)(F)F)C1Cl. The zero-order valence-corrected chi connectivity index (χ0v) is 9.80. The van der Waals surface area contributed by atoms with Crippen LogP contribution in [0.15, 0.2) is 5.10 Å². The minimum Gasteiger partial charge on any atom is -0.259 e. The molecule has 94 valence electrons. The van der Waals surface area contributed by atoms with Gasteiger partial charge in [-0.3, -0.25) is 5.01 Å². The fraction of sp³-hybridized carbons (Fsp3) is 0.889. The van der Waals surface area contributed by atoms with E-state index in [4.69, 9.17) is 11.6 Å². The number of halogens is 4. The standard InChI is InChI=1S/C9H15ClF3N3/c1-2-3-4-5-6-16-8(10)15(7-14-16)9(11,12)13/h7-8H,2-6H2,1H3. The second-order valence-corrected chi connectivity index (χ2v) is 4.03. The van der Waals surface area contributed by atoms with E-state index in [2.05, 4.69) is 12.0 Å². The first kappa shape index (κ1) is 13.4. The maximum atomic E-state index is 12.4. The van der Waals surface area contributed by atoms with E-state index >= 15 is 0 Å². The highest BCUT2D eigenvalue weighted by molar-refractivity contribution is 6.21. The van der Waals surface area contributed by atoms with Crippen molar-refractivity contribution in [3.05, 3.63) is 0 Å². The third kappa shape index (κ3) is 3.43. The van der Waals surface area contributed by atoms with Crippen LogP contribution < -0.4 is 0 Å². The van der Waals surface area contributed by atoms with Crippen LogP contribution in [0.5, 0.6) is 0 Å². The lowest BCUT2D eigenvalue weighted by Crippen LogP contribution is -2.44. The molecule has 0 N–H and O–H groups in total. The predicted octanol–water partition coefficient (Wildman–Crippen LogP) is 3.17. The van der Waals surface area contributed by atoms with E-state index in [1.807, 2.05) is 0 Å². The maximum absolute atomic E-state index is 12.4. The van der Waals surface area contributed by atoms with Gasteiger partial charge in [0.05, 0.1) is 0 Å². The molecule has 0 aromatic rings. The van der Waals surface area contributed by atoms with Crippen molar-refractivity contribution in [2.45, 2.75) is 44.5 Å². The molecule has 0 aromatic carbocycles. The largest absolute Gasteiger partial charge is 0.488 e. The van der Waals surface area contributed by atoms with Crippen LogP contribution in [0.1, 0.15) is 32.6 Å². The van der Waals surface area contributed by atoms with Gasteiger partial charge in [0.15, 0.2) is 0 Å². The van der Waals surface area contributed by atoms with Crippen LogP contribution in [0.4, 0.5) is 13.2 Å². The van der Waals surface area contributed by atoms with Crippen molar-refractivity contribution in [3.8, 4) is 0 Å². The molecule has 0 bridgehead atoms. The van der Waals surface area contributed by atoms with E-state index < -0.39 is 11.9 Å². The Morgan fingerprint density at radius 3 is 2.50 bits per heavy atom. The number of unbranched alkanes of at least 4 members (excludes halogenated alkanes) is 3. The zero-order valence-electron chi connectivity index (χ0n) is 9.04. The van der Waals surface area contributed by atoms with Crippen LogP contribution in [0.2, 0.25) is 0 Å². The number of alkyl halides is 4. The molecule has 0 saturated heterocycles. The molecule has 1 rings (SSSR count). The van der Waals surface area contributed by atoms with Crippen molar-refractivity contribution in [1.82, 2.24) is 9.91 Å². The molecule has 1 unspecified atom stereocenters. The molecule has 3 nitrogen and oxygen atoms in total. The summed E-state index contributed by atoms with van der Waals surface area (Å²) >= 11 is 5.65. The highest BCUT2D eigenvalue weighted by Gasteiger charge is 2.44. The van der Waals surface area contributed by atoms with Gasteiger partial charge in [-0.2, -0.15) is 5.10 Å². The molecular formula is C9H15ClF3N3. The van der Waals surface area contributed by atoms with Crippen LogP contribution in [-0.2, 0) is 0 Å². The van der Waals surface area contributed by atoms with Crippen molar-refractivity contribution in [3.63, 3.8) is 0 Å². The molecule has 0 radical (unpaired) electrons. The number of hydrazone groups is 1. The third-order valence-electron chi connectivity index (χ3n) is 2.33. The van der Waals surface area contributed by atoms with Gasteiger partial charge in [0.25, 0.3) is 0 Å². The highest BCUT2D eigenvalue weighted by Crippen LogP contribution is 2.29. The first-order chi connectivity index (χ1) is 7.46. The van der Waals surface area contributed by atoms with Crippen LogP contribution in [0, 0.1) is 0 Å². The molecule has 16 heavy (non-hydrogen) atoms. The zero-order chi connectivity index (χ0) is 12.2. The van der Waals surface area contributed by atoms with Gasteiger partial charge in [-0.25, -0.2) is 4.90 Å². The Morgan fingerprint density at radius 2 is 2.00 bits per heavy atom. The fourth-order valence-corrected chi connectivity index (χ4v) is 1.74. The molecule has 1 aliphatic heterocycles. The van der Waals surface area contributed by atoms with Crippen molar-refractivity contribution >= 4 is 17.9 Å². The van der Waals surface area contributed by atoms with Gasteiger partial charge in [0, 0.05) is 6.54 Å². The van der Waals surface area contributed by atoms with Gasteiger partial charge in [-0.05, 0) is 6.42 Å². The van der Waals surface area contributed by atoms with E-state index in [0.717, 1.165) is 32.0 Å². The second kappa shape index (κ2) is 5.61. The van der Waals surface area contributed by atoms with Crippen LogP contribution in [0.3, 0.4) is 0 Å². The summed E-state index contributed by atoms with van der Waals surface area (Å²) in [6.45, 7) is 2.53.